The molecule has 0 heterocycles. The van der Waals surface area contributed by atoms with Crippen LogP contribution in [-0.4, -0.2) is 0 Å². The van der Waals surface area contributed by atoms with Crippen LogP contribution in [0.1, 0.15) is 22.3 Å². The Kier molecular flexibility index (Phi) is 3.91. The molecule has 6 rings (SSSR count). The van der Waals surface area contributed by atoms with Crippen molar-refractivity contribution in [3.05, 3.63) is 107 Å². The highest BCUT2D eigenvalue weighted by atomic mass is 14.6. The van der Waals surface area contributed by atoms with Gasteiger partial charge in [0.1, 0.15) is 0 Å². The van der Waals surface area contributed by atoms with Crippen LogP contribution in [0.15, 0.2) is 84.9 Å². The maximum atomic E-state index is 5.95. The summed E-state index contributed by atoms with van der Waals surface area (Å²) in [6.07, 6.45) is 2.01. The maximum Gasteiger partial charge on any atom is 0.0356 e. The van der Waals surface area contributed by atoms with E-state index in [2.05, 4.69) is 66.7 Å². The Morgan fingerprint density at radius 1 is 0.500 bits per heavy atom. The van der Waals surface area contributed by atoms with Crippen LogP contribution in [-0.2, 0) is 12.8 Å². The molecule has 0 spiro atoms. The number of hydrogen-bond acceptors (Lipinski definition) is 2. The van der Waals surface area contributed by atoms with Crippen molar-refractivity contribution in [2.24, 2.45) is 0 Å². The standard InChI is InChI=1S/2C13H11N/c14-13-7-3-6-11-10-5-2-1-4-9(10)8-12(11)13;14-11-5-6-13-10(8-11)7-9-3-1-2-4-12(9)13/h1-7H,8,14H2;1-6,8H,7,14H2. The SMILES string of the molecule is Nc1ccc2c(c1)Cc1ccccc1-2.Nc1cccc2c1Cc1ccccc1-2. The van der Waals surface area contributed by atoms with Gasteiger partial charge in [0.25, 0.3) is 0 Å². The van der Waals surface area contributed by atoms with E-state index in [1.807, 2.05) is 18.2 Å². The molecule has 0 aromatic heterocycles. The molecule has 0 saturated carbocycles. The third kappa shape index (κ3) is 2.74. The first-order valence-electron chi connectivity index (χ1n) is 9.63. The number of benzene rings is 4. The first-order chi connectivity index (χ1) is 13.7. The van der Waals surface area contributed by atoms with Gasteiger partial charge in [0.15, 0.2) is 0 Å². The molecule has 2 nitrogen and oxygen atoms in total. The van der Waals surface area contributed by atoms with E-state index in [1.54, 1.807) is 0 Å². The number of nitrogens with two attached hydrogens (primary N) is 2. The fourth-order valence-corrected chi connectivity index (χ4v) is 4.35. The van der Waals surface area contributed by atoms with Gasteiger partial charge in [0, 0.05) is 17.8 Å². The minimum atomic E-state index is 0.858. The van der Waals surface area contributed by atoms with Crippen LogP contribution in [0.5, 0.6) is 0 Å². The van der Waals surface area contributed by atoms with Crippen LogP contribution in [0, 0.1) is 0 Å². The monoisotopic (exact) mass is 362 g/mol. The molecule has 4 aromatic carbocycles. The zero-order valence-electron chi connectivity index (χ0n) is 15.7. The van der Waals surface area contributed by atoms with Gasteiger partial charge in [0.05, 0.1) is 0 Å². The van der Waals surface area contributed by atoms with E-state index in [0.717, 1.165) is 24.2 Å². The second-order valence-electron chi connectivity index (χ2n) is 7.46. The van der Waals surface area contributed by atoms with Gasteiger partial charge in [0.2, 0.25) is 0 Å². The van der Waals surface area contributed by atoms with Gasteiger partial charge < -0.3 is 11.5 Å². The first-order valence-corrected chi connectivity index (χ1v) is 9.63. The van der Waals surface area contributed by atoms with E-state index in [-0.39, 0.29) is 0 Å². The third-order valence-corrected chi connectivity index (χ3v) is 5.70. The molecule has 136 valence electrons. The molecule has 0 unspecified atom stereocenters. The Morgan fingerprint density at radius 2 is 1.11 bits per heavy atom. The van der Waals surface area contributed by atoms with E-state index in [4.69, 9.17) is 11.5 Å². The second kappa shape index (κ2) is 6.58. The zero-order chi connectivity index (χ0) is 19.1. The lowest BCUT2D eigenvalue weighted by molar-refractivity contribution is 1.26. The molecule has 28 heavy (non-hydrogen) atoms. The third-order valence-electron chi connectivity index (χ3n) is 5.70. The van der Waals surface area contributed by atoms with Crippen molar-refractivity contribution in [1.82, 2.24) is 0 Å². The molecule has 0 fully saturated rings. The Bertz CT molecular complexity index is 1190. The summed E-state index contributed by atoms with van der Waals surface area (Å²) >= 11 is 0. The highest BCUT2D eigenvalue weighted by molar-refractivity contribution is 5.81. The molecule has 0 saturated heterocycles. The lowest BCUT2D eigenvalue weighted by atomic mass is 10.1. The molecular weight excluding hydrogens is 340 g/mol. The largest absolute Gasteiger partial charge is 0.399 e. The maximum absolute atomic E-state index is 5.95. The van der Waals surface area contributed by atoms with Gasteiger partial charge in [-0.05, 0) is 69.1 Å². The summed E-state index contributed by atoms with van der Waals surface area (Å²) in [5.74, 6) is 0. The van der Waals surface area contributed by atoms with E-state index in [0.29, 0.717) is 0 Å². The molecule has 4 N–H and O–H groups in total. The molecule has 4 aromatic rings. The highest BCUT2D eigenvalue weighted by Gasteiger charge is 2.19. The van der Waals surface area contributed by atoms with E-state index in [1.165, 1.54) is 44.5 Å². The van der Waals surface area contributed by atoms with Crippen LogP contribution in [0.2, 0.25) is 0 Å². The average molecular weight is 362 g/mol. The van der Waals surface area contributed by atoms with E-state index < -0.39 is 0 Å². The second-order valence-corrected chi connectivity index (χ2v) is 7.46. The van der Waals surface area contributed by atoms with Gasteiger partial charge >= 0.3 is 0 Å². The molecule has 2 aliphatic rings. The Balaban J connectivity index is 0.000000122. The number of anilines is 2. The molecule has 2 aliphatic carbocycles. The van der Waals surface area contributed by atoms with Crippen LogP contribution in [0.3, 0.4) is 0 Å². The molecule has 2 heteroatoms. The number of fused-ring (bicyclic) bond motifs is 6. The Morgan fingerprint density at radius 3 is 1.89 bits per heavy atom. The van der Waals surface area contributed by atoms with Crippen LogP contribution < -0.4 is 11.5 Å². The quantitative estimate of drug-likeness (QED) is 0.342. The number of hydrogen-bond donors (Lipinski definition) is 2. The normalized spacial score (nSPS) is 12.3. The van der Waals surface area contributed by atoms with Crippen molar-refractivity contribution in [2.75, 3.05) is 11.5 Å². The fraction of sp³-hybridized carbons (Fsp3) is 0.0769. The molecule has 0 atom stereocenters. The van der Waals surface area contributed by atoms with E-state index >= 15 is 0 Å². The summed E-state index contributed by atoms with van der Waals surface area (Å²) < 4.78 is 0. The molecule has 0 radical (unpaired) electrons. The predicted octanol–water partition coefficient (Wildman–Crippen LogP) is 5.68. The van der Waals surface area contributed by atoms with Crippen molar-refractivity contribution in [3.8, 4) is 22.3 Å². The molecule has 0 amide bonds. The van der Waals surface area contributed by atoms with Gasteiger partial charge in [-0.15, -0.1) is 0 Å². The van der Waals surface area contributed by atoms with Crippen molar-refractivity contribution in [1.29, 1.82) is 0 Å². The van der Waals surface area contributed by atoms with Gasteiger partial charge in [-0.2, -0.15) is 0 Å². The summed E-state index contributed by atoms with van der Waals surface area (Å²) in [5.41, 5.74) is 24.3. The minimum Gasteiger partial charge on any atom is -0.399 e. The summed E-state index contributed by atoms with van der Waals surface area (Å²) in [4.78, 5) is 0. The smallest absolute Gasteiger partial charge is 0.0356 e. The average Bonchev–Trinajstić information content (AvgIpc) is 3.27. The van der Waals surface area contributed by atoms with Crippen molar-refractivity contribution >= 4 is 11.4 Å². The van der Waals surface area contributed by atoms with Crippen LogP contribution in [0.25, 0.3) is 22.3 Å². The lowest BCUT2D eigenvalue weighted by Crippen LogP contribution is -1.91. The van der Waals surface area contributed by atoms with E-state index in [9.17, 15) is 0 Å². The predicted molar refractivity (Wildman–Crippen MR) is 118 cm³/mol. The summed E-state index contributed by atoms with van der Waals surface area (Å²) in [7, 11) is 0. The molecule has 0 bridgehead atoms. The number of nitrogen functional groups attached to an aromatic ring is 2. The minimum absolute atomic E-state index is 0.858. The van der Waals surface area contributed by atoms with Crippen LogP contribution >= 0.6 is 0 Å². The van der Waals surface area contributed by atoms with Gasteiger partial charge in [-0.3, -0.25) is 0 Å². The highest BCUT2D eigenvalue weighted by Crippen LogP contribution is 2.39. The molecular formula is C26H22N2. The first kappa shape index (κ1) is 16.6. The van der Waals surface area contributed by atoms with Crippen molar-refractivity contribution in [3.63, 3.8) is 0 Å². The summed E-state index contributed by atoms with van der Waals surface area (Å²) in [5, 5.41) is 0. The van der Waals surface area contributed by atoms with Crippen LogP contribution in [0.4, 0.5) is 11.4 Å². The lowest BCUT2D eigenvalue weighted by Gasteiger charge is -2.02. The van der Waals surface area contributed by atoms with Gasteiger partial charge in [-0.25, -0.2) is 0 Å². The zero-order valence-corrected chi connectivity index (χ0v) is 15.7. The molecule has 0 aliphatic heterocycles. The fourth-order valence-electron chi connectivity index (χ4n) is 4.35. The summed E-state index contributed by atoms with van der Waals surface area (Å²) in [6, 6.07) is 29.4. The van der Waals surface area contributed by atoms with Crippen molar-refractivity contribution < 1.29 is 0 Å². The topological polar surface area (TPSA) is 52.0 Å². The van der Waals surface area contributed by atoms with Gasteiger partial charge in [-0.1, -0.05) is 66.7 Å². The summed E-state index contributed by atoms with van der Waals surface area (Å²) in [6.45, 7) is 0. The number of rotatable bonds is 0. The Labute approximate surface area is 165 Å². The van der Waals surface area contributed by atoms with Crippen molar-refractivity contribution in [2.45, 2.75) is 12.8 Å². The Hall–Kier alpha value is -3.52.